The van der Waals surface area contributed by atoms with E-state index >= 15 is 0 Å². The molecule has 0 amide bonds. The number of hydrogen-bond acceptors (Lipinski definition) is 2. The molecule has 1 saturated carbocycles. The minimum atomic E-state index is -0.197. The van der Waals surface area contributed by atoms with Crippen molar-refractivity contribution in [3.05, 3.63) is 34.1 Å². The molecule has 0 aromatic heterocycles. The van der Waals surface area contributed by atoms with Gasteiger partial charge in [0.15, 0.2) is 0 Å². The Balaban J connectivity index is 2.22. The molecule has 4 atom stereocenters. The van der Waals surface area contributed by atoms with E-state index in [9.17, 15) is 4.39 Å². The van der Waals surface area contributed by atoms with Gasteiger partial charge in [-0.25, -0.2) is 4.39 Å². The molecule has 0 saturated heterocycles. The Morgan fingerprint density at radius 1 is 1.32 bits per heavy atom. The van der Waals surface area contributed by atoms with Crippen LogP contribution in [-0.2, 0) is 0 Å². The lowest BCUT2D eigenvalue weighted by Crippen LogP contribution is -2.37. The maximum absolute atomic E-state index is 14.2. The number of nitrogens with one attached hydrogen (secondary N) is 1. The molecule has 0 bridgehead atoms. The summed E-state index contributed by atoms with van der Waals surface area (Å²) >= 11 is 3.25. The molecule has 19 heavy (non-hydrogen) atoms. The van der Waals surface area contributed by atoms with Gasteiger partial charge in [-0.15, -0.1) is 0 Å². The zero-order chi connectivity index (χ0) is 14.0. The van der Waals surface area contributed by atoms with Crippen molar-refractivity contribution in [3.63, 3.8) is 0 Å². The minimum Gasteiger partial charge on any atom is -0.271 e. The number of halogens is 2. The second-order valence-electron chi connectivity index (χ2n) is 5.82. The van der Waals surface area contributed by atoms with Crippen molar-refractivity contribution in [2.45, 2.75) is 39.2 Å². The molecule has 4 heteroatoms. The van der Waals surface area contributed by atoms with E-state index in [2.05, 4.69) is 35.2 Å². The smallest absolute Gasteiger partial charge is 0.142 e. The number of hydrogen-bond donors (Lipinski definition) is 2. The molecule has 2 nitrogen and oxygen atoms in total. The second kappa shape index (κ2) is 6.33. The minimum absolute atomic E-state index is 0.104. The van der Waals surface area contributed by atoms with Gasteiger partial charge in [-0.05, 0) is 52.6 Å². The van der Waals surface area contributed by atoms with Gasteiger partial charge in [-0.2, -0.15) is 0 Å². The van der Waals surface area contributed by atoms with Gasteiger partial charge in [0, 0.05) is 5.56 Å². The summed E-state index contributed by atoms with van der Waals surface area (Å²) in [5, 5.41) is 0. The zero-order valence-corrected chi connectivity index (χ0v) is 13.1. The predicted molar refractivity (Wildman–Crippen MR) is 79.8 cm³/mol. The first-order valence-corrected chi connectivity index (χ1v) is 7.74. The van der Waals surface area contributed by atoms with E-state index < -0.39 is 0 Å². The molecule has 1 aliphatic rings. The predicted octanol–water partition coefficient (Wildman–Crippen LogP) is 4.16. The summed E-state index contributed by atoms with van der Waals surface area (Å²) in [4.78, 5) is 0. The average Bonchev–Trinajstić information content (AvgIpc) is 2.39. The van der Waals surface area contributed by atoms with Crippen LogP contribution in [0, 0.1) is 23.6 Å². The van der Waals surface area contributed by atoms with E-state index in [-0.39, 0.29) is 11.9 Å². The normalized spacial score (nSPS) is 29.2. The highest BCUT2D eigenvalue weighted by Crippen LogP contribution is 2.40. The molecule has 2 rings (SSSR count). The number of nitrogens with two attached hydrogens (primary N) is 1. The Bertz CT molecular complexity index is 438. The topological polar surface area (TPSA) is 38.0 Å². The van der Waals surface area contributed by atoms with Crippen LogP contribution < -0.4 is 11.3 Å². The third-order valence-corrected chi connectivity index (χ3v) is 5.22. The maximum Gasteiger partial charge on any atom is 0.142 e. The SMILES string of the molecule is CC1CCC(C(NN)c2cccc(Br)c2F)CC1C. The Morgan fingerprint density at radius 3 is 2.68 bits per heavy atom. The number of rotatable bonds is 3. The van der Waals surface area contributed by atoms with Crippen molar-refractivity contribution in [2.75, 3.05) is 0 Å². The van der Waals surface area contributed by atoms with Crippen molar-refractivity contribution in [2.24, 2.45) is 23.6 Å². The quantitative estimate of drug-likeness (QED) is 0.645. The van der Waals surface area contributed by atoms with Gasteiger partial charge < -0.3 is 0 Å². The molecule has 0 radical (unpaired) electrons. The molecule has 0 heterocycles. The first-order chi connectivity index (χ1) is 9.04. The fourth-order valence-corrected chi connectivity index (χ4v) is 3.51. The lowest BCUT2D eigenvalue weighted by molar-refractivity contribution is 0.169. The van der Waals surface area contributed by atoms with Gasteiger partial charge in [-0.3, -0.25) is 11.3 Å². The largest absolute Gasteiger partial charge is 0.271 e. The van der Waals surface area contributed by atoms with Crippen LogP contribution >= 0.6 is 15.9 Å². The van der Waals surface area contributed by atoms with E-state index in [4.69, 9.17) is 5.84 Å². The van der Waals surface area contributed by atoms with E-state index in [1.165, 1.54) is 6.42 Å². The first kappa shape index (κ1) is 14.9. The van der Waals surface area contributed by atoms with Crippen LogP contribution in [0.25, 0.3) is 0 Å². The van der Waals surface area contributed by atoms with Gasteiger partial charge in [0.1, 0.15) is 5.82 Å². The Hall–Kier alpha value is -0.450. The van der Waals surface area contributed by atoms with Crippen LogP contribution in [0.5, 0.6) is 0 Å². The molecule has 3 N–H and O–H groups in total. The molecular formula is C15H22BrFN2. The Morgan fingerprint density at radius 2 is 2.05 bits per heavy atom. The Labute approximate surface area is 123 Å². The molecular weight excluding hydrogens is 307 g/mol. The van der Waals surface area contributed by atoms with Crippen LogP contribution in [-0.4, -0.2) is 0 Å². The molecule has 0 spiro atoms. The van der Waals surface area contributed by atoms with Crippen LogP contribution in [0.2, 0.25) is 0 Å². The number of hydrazine groups is 1. The van der Waals surface area contributed by atoms with Crippen molar-refractivity contribution >= 4 is 15.9 Å². The van der Waals surface area contributed by atoms with Crippen LogP contribution in [0.4, 0.5) is 4.39 Å². The fourth-order valence-electron chi connectivity index (χ4n) is 3.13. The zero-order valence-electron chi connectivity index (χ0n) is 11.5. The monoisotopic (exact) mass is 328 g/mol. The van der Waals surface area contributed by atoms with E-state index in [1.807, 2.05) is 12.1 Å². The Kier molecular flexibility index (Phi) is 4.98. The van der Waals surface area contributed by atoms with Crippen molar-refractivity contribution in [1.29, 1.82) is 0 Å². The van der Waals surface area contributed by atoms with Crippen molar-refractivity contribution < 1.29 is 4.39 Å². The highest BCUT2D eigenvalue weighted by Gasteiger charge is 2.31. The lowest BCUT2D eigenvalue weighted by atomic mass is 9.72. The van der Waals surface area contributed by atoms with E-state index in [0.29, 0.717) is 21.9 Å². The molecule has 1 aromatic carbocycles. The summed E-state index contributed by atoms with van der Waals surface area (Å²) in [5.74, 6) is 7.33. The molecule has 106 valence electrons. The number of benzene rings is 1. The molecule has 0 aliphatic heterocycles. The summed E-state index contributed by atoms with van der Waals surface area (Å²) in [6.07, 6.45) is 3.40. The second-order valence-corrected chi connectivity index (χ2v) is 6.67. The van der Waals surface area contributed by atoms with Gasteiger partial charge in [0.2, 0.25) is 0 Å². The van der Waals surface area contributed by atoms with E-state index in [1.54, 1.807) is 6.07 Å². The standard InChI is InChI=1S/C15H22BrFN2/c1-9-6-7-11(8-10(9)2)15(19-18)12-4-3-5-13(16)14(12)17/h3-5,9-11,15,19H,6-8,18H2,1-2H3. The summed E-state index contributed by atoms with van der Waals surface area (Å²) in [7, 11) is 0. The molecule has 1 aromatic rings. The summed E-state index contributed by atoms with van der Waals surface area (Å²) < 4.78 is 14.7. The fraction of sp³-hybridized carbons (Fsp3) is 0.600. The summed E-state index contributed by atoms with van der Waals surface area (Å²) in [6.45, 7) is 4.58. The van der Waals surface area contributed by atoms with E-state index in [0.717, 1.165) is 18.8 Å². The summed E-state index contributed by atoms with van der Waals surface area (Å²) in [6, 6.07) is 5.31. The van der Waals surface area contributed by atoms with Crippen molar-refractivity contribution in [3.8, 4) is 0 Å². The third kappa shape index (κ3) is 3.18. The van der Waals surface area contributed by atoms with Gasteiger partial charge >= 0.3 is 0 Å². The highest BCUT2D eigenvalue weighted by atomic mass is 79.9. The van der Waals surface area contributed by atoms with Crippen LogP contribution in [0.3, 0.4) is 0 Å². The molecule has 1 aliphatic carbocycles. The molecule has 4 unspecified atom stereocenters. The average molecular weight is 329 g/mol. The lowest BCUT2D eigenvalue weighted by Gasteiger charge is -2.36. The van der Waals surface area contributed by atoms with Crippen LogP contribution in [0.15, 0.2) is 22.7 Å². The van der Waals surface area contributed by atoms with Crippen LogP contribution in [0.1, 0.15) is 44.7 Å². The summed E-state index contributed by atoms with van der Waals surface area (Å²) in [5.41, 5.74) is 3.50. The highest BCUT2D eigenvalue weighted by molar-refractivity contribution is 9.10. The van der Waals surface area contributed by atoms with Gasteiger partial charge in [0.25, 0.3) is 0 Å². The maximum atomic E-state index is 14.2. The third-order valence-electron chi connectivity index (χ3n) is 4.61. The van der Waals surface area contributed by atoms with Crippen molar-refractivity contribution in [1.82, 2.24) is 5.43 Å². The van der Waals surface area contributed by atoms with Gasteiger partial charge in [-0.1, -0.05) is 32.4 Å². The van der Waals surface area contributed by atoms with Gasteiger partial charge in [0.05, 0.1) is 10.5 Å². The molecule has 1 fully saturated rings. The first-order valence-electron chi connectivity index (χ1n) is 6.94.